The average Bonchev–Trinajstić information content (AvgIpc) is 2.58. The molecule has 0 radical (unpaired) electrons. The number of nitrogens with zero attached hydrogens (tertiary/aromatic N) is 2. The molecule has 0 fully saturated rings. The van der Waals surface area contributed by atoms with Crippen molar-refractivity contribution >= 4 is 41.5 Å². The molecule has 1 heterocycles. The predicted molar refractivity (Wildman–Crippen MR) is 109 cm³/mol. The first kappa shape index (κ1) is 20.7. The van der Waals surface area contributed by atoms with Gasteiger partial charge < -0.3 is 15.7 Å². The Bertz CT molecular complexity index is 639. The molecular formula is C17H22ClIN4O. The monoisotopic (exact) mass is 460 g/mol. The highest BCUT2D eigenvalue weighted by molar-refractivity contribution is 14.0. The number of aliphatic hydroxyl groups is 1. The van der Waals surface area contributed by atoms with E-state index < -0.39 is 6.10 Å². The topological polar surface area (TPSA) is 69.5 Å². The Labute approximate surface area is 164 Å². The number of guanidine groups is 1. The van der Waals surface area contributed by atoms with Crippen molar-refractivity contribution in [1.82, 2.24) is 15.6 Å². The summed E-state index contributed by atoms with van der Waals surface area (Å²) < 4.78 is 0. The van der Waals surface area contributed by atoms with Crippen molar-refractivity contribution in [3.8, 4) is 0 Å². The van der Waals surface area contributed by atoms with Crippen LogP contribution >= 0.6 is 35.6 Å². The fourth-order valence-electron chi connectivity index (χ4n) is 2.04. The summed E-state index contributed by atoms with van der Waals surface area (Å²) in [6, 6.07) is 13.0. The number of nitrogens with one attached hydrogen (secondary N) is 2. The molecule has 2 rings (SSSR count). The maximum Gasteiger partial charge on any atom is 0.191 e. The zero-order valence-corrected chi connectivity index (χ0v) is 16.5. The van der Waals surface area contributed by atoms with Gasteiger partial charge in [0.25, 0.3) is 0 Å². The van der Waals surface area contributed by atoms with Crippen LogP contribution < -0.4 is 10.6 Å². The molecule has 1 aromatic heterocycles. The third-order valence-electron chi connectivity index (χ3n) is 3.20. The third kappa shape index (κ3) is 6.62. The molecule has 0 amide bonds. The maximum atomic E-state index is 10.3. The first-order chi connectivity index (χ1) is 11.2. The second kappa shape index (κ2) is 11.2. The van der Waals surface area contributed by atoms with Crippen molar-refractivity contribution in [3.05, 3.63) is 64.9 Å². The summed E-state index contributed by atoms with van der Waals surface area (Å²) in [4.78, 5) is 8.70. The molecule has 0 spiro atoms. The highest BCUT2D eigenvalue weighted by Gasteiger charge is 2.11. The Morgan fingerprint density at radius 1 is 1.21 bits per heavy atom. The van der Waals surface area contributed by atoms with Crippen LogP contribution in [0.2, 0.25) is 5.02 Å². The zero-order chi connectivity index (χ0) is 16.5. The van der Waals surface area contributed by atoms with E-state index in [0.717, 1.165) is 12.2 Å². The molecule has 0 aliphatic carbocycles. The fourth-order valence-corrected chi connectivity index (χ4v) is 2.30. The van der Waals surface area contributed by atoms with Gasteiger partial charge in [0.05, 0.1) is 18.3 Å². The van der Waals surface area contributed by atoms with Crippen LogP contribution in [0, 0.1) is 0 Å². The second-order valence-corrected chi connectivity index (χ2v) is 5.34. The van der Waals surface area contributed by atoms with E-state index in [1.807, 2.05) is 43.3 Å². The van der Waals surface area contributed by atoms with Crippen molar-refractivity contribution in [2.75, 3.05) is 13.1 Å². The van der Waals surface area contributed by atoms with Gasteiger partial charge in [-0.25, -0.2) is 4.99 Å². The van der Waals surface area contributed by atoms with Gasteiger partial charge in [0.2, 0.25) is 0 Å². The number of aromatic nitrogens is 1. The molecule has 0 bridgehead atoms. The lowest BCUT2D eigenvalue weighted by Crippen LogP contribution is -2.39. The molecule has 1 unspecified atom stereocenters. The molecule has 0 saturated heterocycles. The number of aliphatic hydroxyl groups excluding tert-OH is 1. The number of hydrogen-bond donors (Lipinski definition) is 3. The van der Waals surface area contributed by atoms with E-state index in [2.05, 4.69) is 20.6 Å². The minimum absolute atomic E-state index is 0. The molecule has 1 atom stereocenters. The van der Waals surface area contributed by atoms with E-state index in [9.17, 15) is 5.11 Å². The van der Waals surface area contributed by atoms with Gasteiger partial charge in [0.1, 0.15) is 0 Å². The summed E-state index contributed by atoms with van der Waals surface area (Å²) in [6.07, 6.45) is 1.04. The Kier molecular flexibility index (Phi) is 9.66. The van der Waals surface area contributed by atoms with E-state index in [1.54, 1.807) is 12.3 Å². The highest BCUT2D eigenvalue weighted by atomic mass is 127. The summed E-state index contributed by atoms with van der Waals surface area (Å²) in [5.74, 6) is 0.629. The van der Waals surface area contributed by atoms with Crippen LogP contribution in [0.4, 0.5) is 0 Å². The lowest BCUT2D eigenvalue weighted by molar-refractivity contribution is 0.181. The molecule has 3 N–H and O–H groups in total. The number of hydrogen-bond acceptors (Lipinski definition) is 3. The van der Waals surface area contributed by atoms with Crippen LogP contribution in [-0.4, -0.2) is 29.1 Å². The smallest absolute Gasteiger partial charge is 0.191 e. The van der Waals surface area contributed by atoms with Gasteiger partial charge in [-0.3, -0.25) is 4.98 Å². The van der Waals surface area contributed by atoms with Gasteiger partial charge in [-0.2, -0.15) is 0 Å². The molecular weight excluding hydrogens is 439 g/mol. The standard InChI is InChI=1S/C17H21ClN4O.HI/c1-2-19-17(21-11-13-7-5-6-10-20-13)22-12-16(23)14-8-3-4-9-15(14)18;/h3-10,16,23H,2,11-12H2,1H3,(H2,19,21,22);1H. The van der Waals surface area contributed by atoms with Crippen LogP contribution in [0.25, 0.3) is 0 Å². The largest absolute Gasteiger partial charge is 0.387 e. The zero-order valence-electron chi connectivity index (χ0n) is 13.4. The van der Waals surface area contributed by atoms with E-state index in [4.69, 9.17) is 11.6 Å². The fraction of sp³-hybridized carbons (Fsp3) is 0.294. The molecule has 2 aromatic rings. The van der Waals surface area contributed by atoms with E-state index in [1.165, 1.54) is 0 Å². The number of halogens is 2. The Hall–Kier alpha value is -1.38. The molecule has 5 nitrogen and oxygen atoms in total. The quantitative estimate of drug-likeness (QED) is 0.352. The molecule has 0 aliphatic rings. The SMILES string of the molecule is CCNC(=NCc1ccccn1)NCC(O)c1ccccc1Cl.I. The normalized spacial score (nSPS) is 12.2. The van der Waals surface area contributed by atoms with Gasteiger partial charge in [-0.05, 0) is 25.1 Å². The molecule has 0 saturated carbocycles. The van der Waals surface area contributed by atoms with Crippen molar-refractivity contribution in [1.29, 1.82) is 0 Å². The third-order valence-corrected chi connectivity index (χ3v) is 3.54. The number of pyridine rings is 1. The minimum atomic E-state index is -0.706. The lowest BCUT2D eigenvalue weighted by atomic mass is 10.1. The summed E-state index contributed by atoms with van der Waals surface area (Å²) in [6.45, 7) is 3.51. The van der Waals surface area contributed by atoms with Crippen molar-refractivity contribution < 1.29 is 5.11 Å². The number of rotatable bonds is 6. The second-order valence-electron chi connectivity index (χ2n) is 4.93. The van der Waals surface area contributed by atoms with E-state index in [-0.39, 0.29) is 24.0 Å². The lowest BCUT2D eigenvalue weighted by Gasteiger charge is -2.16. The van der Waals surface area contributed by atoms with Crippen LogP contribution in [0.3, 0.4) is 0 Å². The maximum absolute atomic E-state index is 10.3. The average molecular weight is 461 g/mol. The van der Waals surface area contributed by atoms with Gasteiger partial charge in [0.15, 0.2) is 5.96 Å². The van der Waals surface area contributed by atoms with Crippen LogP contribution in [0.1, 0.15) is 24.3 Å². The van der Waals surface area contributed by atoms with Gasteiger partial charge >= 0.3 is 0 Å². The van der Waals surface area contributed by atoms with Crippen LogP contribution in [-0.2, 0) is 6.54 Å². The van der Waals surface area contributed by atoms with Gasteiger partial charge in [-0.1, -0.05) is 35.9 Å². The Morgan fingerprint density at radius 3 is 2.62 bits per heavy atom. The van der Waals surface area contributed by atoms with Gasteiger partial charge in [0, 0.05) is 29.9 Å². The summed E-state index contributed by atoms with van der Waals surface area (Å²) in [7, 11) is 0. The predicted octanol–water partition coefficient (Wildman–Crippen LogP) is 3.14. The van der Waals surface area contributed by atoms with Gasteiger partial charge in [-0.15, -0.1) is 24.0 Å². The molecule has 130 valence electrons. The summed E-state index contributed by atoms with van der Waals surface area (Å²) in [5.41, 5.74) is 1.58. The van der Waals surface area contributed by atoms with Crippen molar-refractivity contribution in [3.63, 3.8) is 0 Å². The molecule has 24 heavy (non-hydrogen) atoms. The summed E-state index contributed by atoms with van der Waals surface area (Å²) >= 11 is 6.09. The van der Waals surface area contributed by atoms with Crippen LogP contribution in [0.15, 0.2) is 53.7 Å². The first-order valence-electron chi connectivity index (χ1n) is 7.55. The summed E-state index contributed by atoms with van der Waals surface area (Å²) in [5, 5.41) is 17.1. The Morgan fingerprint density at radius 2 is 1.96 bits per heavy atom. The molecule has 0 aliphatic heterocycles. The number of benzene rings is 1. The van der Waals surface area contributed by atoms with Crippen LogP contribution in [0.5, 0.6) is 0 Å². The highest BCUT2D eigenvalue weighted by Crippen LogP contribution is 2.21. The minimum Gasteiger partial charge on any atom is -0.387 e. The van der Waals surface area contributed by atoms with Crippen molar-refractivity contribution in [2.45, 2.75) is 19.6 Å². The molecule has 1 aromatic carbocycles. The number of aliphatic imine (C=N–C) groups is 1. The first-order valence-corrected chi connectivity index (χ1v) is 7.93. The van der Waals surface area contributed by atoms with E-state index >= 15 is 0 Å². The van der Waals surface area contributed by atoms with Crippen molar-refractivity contribution in [2.24, 2.45) is 4.99 Å². The Balaban J connectivity index is 0.00000288. The molecule has 7 heteroatoms. The van der Waals surface area contributed by atoms with E-state index in [0.29, 0.717) is 29.6 Å².